The van der Waals surface area contributed by atoms with Gasteiger partial charge in [0.05, 0.1) is 13.2 Å². The topological polar surface area (TPSA) is 54.0 Å². The minimum absolute atomic E-state index is 0.296. The van der Waals surface area contributed by atoms with Gasteiger partial charge < -0.3 is 14.6 Å². The van der Waals surface area contributed by atoms with Gasteiger partial charge in [0.25, 0.3) is 0 Å². The maximum absolute atomic E-state index is 9.92. The third kappa shape index (κ3) is 5.09. The molecule has 0 amide bonds. The summed E-state index contributed by atoms with van der Waals surface area (Å²) in [5.74, 6) is 0.815. The first-order chi connectivity index (χ1) is 9.78. The van der Waals surface area contributed by atoms with E-state index < -0.39 is 6.10 Å². The van der Waals surface area contributed by atoms with Crippen LogP contribution in [0.4, 0.5) is 0 Å². The van der Waals surface area contributed by atoms with Crippen LogP contribution in [0.25, 0.3) is 0 Å². The number of aryl methyl sites for hydroxylation is 1. The first kappa shape index (κ1) is 15.3. The zero-order valence-electron chi connectivity index (χ0n) is 12.0. The van der Waals surface area contributed by atoms with Gasteiger partial charge >= 0.3 is 0 Å². The molecule has 1 aliphatic heterocycles. The number of aliphatic hydroxyl groups is 1. The van der Waals surface area contributed by atoms with E-state index in [9.17, 15) is 5.11 Å². The highest BCUT2D eigenvalue weighted by atomic mass is 16.5. The molecule has 0 bridgehead atoms. The van der Waals surface area contributed by atoms with Crippen LogP contribution in [0.5, 0.6) is 5.75 Å². The van der Waals surface area contributed by atoms with E-state index in [-0.39, 0.29) is 0 Å². The van der Waals surface area contributed by atoms with Crippen molar-refractivity contribution in [2.45, 2.75) is 19.4 Å². The van der Waals surface area contributed by atoms with Crippen LogP contribution < -0.4 is 10.2 Å². The van der Waals surface area contributed by atoms with Crippen molar-refractivity contribution in [3.05, 3.63) is 29.8 Å². The first-order valence-corrected chi connectivity index (χ1v) is 7.24. The van der Waals surface area contributed by atoms with Crippen molar-refractivity contribution in [2.24, 2.45) is 0 Å². The molecule has 0 radical (unpaired) electrons. The van der Waals surface area contributed by atoms with Crippen molar-refractivity contribution in [3.63, 3.8) is 0 Å². The van der Waals surface area contributed by atoms with Crippen LogP contribution in [0.1, 0.15) is 12.5 Å². The second-order valence-corrected chi connectivity index (χ2v) is 4.93. The number of aliphatic hydroxyl groups excluding tert-OH is 1. The summed E-state index contributed by atoms with van der Waals surface area (Å²) in [6, 6.07) is 7.99. The van der Waals surface area contributed by atoms with Gasteiger partial charge in [-0.15, -0.1) is 0 Å². The molecule has 0 spiro atoms. The minimum atomic E-state index is -0.525. The molecule has 5 heteroatoms. The molecule has 1 aromatic carbocycles. The highest BCUT2D eigenvalue weighted by Gasteiger charge is 2.12. The predicted octanol–water partition coefficient (Wildman–Crippen LogP) is 0.825. The highest BCUT2D eigenvalue weighted by molar-refractivity contribution is 5.28. The van der Waals surface area contributed by atoms with E-state index in [0.29, 0.717) is 13.2 Å². The minimum Gasteiger partial charge on any atom is -0.491 e. The van der Waals surface area contributed by atoms with E-state index in [1.54, 1.807) is 0 Å². The molecular weight excluding hydrogens is 256 g/mol. The third-order valence-electron chi connectivity index (χ3n) is 3.31. The van der Waals surface area contributed by atoms with E-state index >= 15 is 0 Å². The van der Waals surface area contributed by atoms with Gasteiger partial charge in [-0.2, -0.15) is 0 Å². The van der Waals surface area contributed by atoms with Gasteiger partial charge in [-0.05, 0) is 24.1 Å². The third-order valence-corrected chi connectivity index (χ3v) is 3.31. The maximum atomic E-state index is 9.92. The molecule has 1 saturated heterocycles. The zero-order valence-corrected chi connectivity index (χ0v) is 12.0. The lowest BCUT2D eigenvalue weighted by atomic mass is 10.2. The van der Waals surface area contributed by atoms with Crippen LogP contribution in [0.3, 0.4) is 0 Å². The predicted molar refractivity (Wildman–Crippen MR) is 77.7 cm³/mol. The molecule has 20 heavy (non-hydrogen) atoms. The summed E-state index contributed by atoms with van der Waals surface area (Å²) in [5.41, 5.74) is 4.44. The molecule has 1 aromatic rings. The van der Waals surface area contributed by atoms with Crippen LogP contribution in [0, 0.1) is 0 Å². The average Bonchev–Trinajstić information content (AvgIpc) is 2.52. The first-order valence-electron chi connectivity index (χ1n) is 7.24. The monoisotopic (exact) mass is 280 g/mol. The molecule has 1 heterocycles. The zero-order chi connectivity index (χ0) is 14.2. The molecule has 0 aliphatic carbocycles. The second-order valence-electron chi connectivity index (χ2n) is 4.93. The summed E-state index contributed by atoms with van der Waals surface area (Å²) in [6.07, 6.45) is 0.460. The Hall–Kier alpha value is -1.14. The summed E-state index contributed by atoms with van der Waals surface area (Å²) in [4.78, 5) is 0. The largest absolute Gasteiger partial charge is 0.491 e. The Kier molecular flexibility index (Phi) is 6.26. The number of rotatable bonds is 7. The number of hydrogen-bond donors (Lipinski definition) is 2. The summed E-state index contributed by atoms with van der Waals surface area (Å²) < 4.78 is 10.9. The van der Waals surface area contributed by atoms with Crippen molar-refractivity contribution in [2.75, 3.05) is 39.5 Å². The van der Waals surface area contributed by atoms with Gasteiger partial charge in [-0.3, -0.25) is 5.43 Å². The van der Waals surface area contributed by atoms with Crippen LogP contribution in [-0.4, -0.2) is 55.7 Å². The fraction of sp³-hybridized carbons (Fsp3) is 0.600. The van der Waals surface area contributed by atoms with Gasteiger partial charge in [0.15, 0.2) is 0 Å². The normalized spacial score (nSPS) is 17.9. The number of nitrogens with zero attached hydrogens (tertiary/aromatic N) is 1. The lowest BCUT2D eigenvalue weighted by molar-refractivity contribution is -0.000792. The maximum Gasteiger partial charge on any atom is 0.119 e. The molecule has 0 saturated carbocycles. The number of hydrogen-bond acceptors (Lipinski definition) is 5. The number of morpholine rings is 1. The van der Waals surface area contributed by atoms with Crippen molar-refractivity contribution in [1.29, 1.82) is 0 Å². The Balaban J connectivity index is 1.67. The quantitative estimate of drug-likeness (QED) is 0.775. The van der Waals surface area contributed by atoms with Crippen molar-refractivity contribution in [3.8, 4) is 5.75 Å². The van der Waals surface area contributed by atoms with Crippen LogP contribution in [0.15, 0.2) is 24.3 Å². The number of hydrazine groups is 1. The standard InChI is InChI=1S/C15H24N2O3/c1-2-13-4-3-5-15(10-13)20-12-14(18)11-16-17-6-8-19-9-7-17/h3-5,10,14,16,18H,2,6-9,11-12H2,1H3. The van der Waals surface area contributed by atoms with Crippen molar-refractivity contribution in [1.82, 2.24) is 10.4 Å². The summed E-state index contributed by atoms with van der Waals surface area (Å²) >= 11 is 0. The van der Waals surface area contributed by atoms with Gasteiger partial charge in [-0.1, -0.05) is 19.1 Å². The Morgan fingerprint density at radius 3 is 2.95 bits per heavy atom. The molecule has 1 atom stereocenters. The number of ether oxygens (including phenoxy) is 2. The smallest absolute Gasteiger partial charge is 0.119 e. The Labute approximate surface area is 120 Å². The summed E-state index contributed by atoms with van der Waals surface area (Å²) in [7, 11) is 0. The van der Waals surface area contributed by atoms with Crippen molar-refractivity contribution >= 4 is 0 Å². The van der Waals surface area contributed by atoms with E-state index in [0.717, 1.165) is 38.5 Å². The average molecular weight is 280 g/mol. The van der Waals surface area contributed by atoms with Crippen LogP contribution in [0.2, 0.25) is 0 Å². The SMILES string of the molecule is CCc1cccc(OCC(O)CNN2CCOCC2)c1. The van der Waals surface area contributed by atoms with Crippen molar-refractivity contribution < 1.29 is 14.6 Å². The van der Waals surface area contributed by atoms with Crippen LogP contribution in [-0.2, 0) is 11.2 Å². The molecule has 0 aromatic heterocycles. The summed E-state index contributed by atoms with van der Waals surface area (Å²) in [6.45, 7) is 6.09. The van der Waals surface area contributed by atoms with Gasteiger partial charge in [-0.25, -0.2) is 5.01 Å². The molecule has 1 aliphatic rings. The van der Waals surface area contributed by atoms with Crippen LogP contribution >= 0.6 is 0 Å². The number of benzene rings is 1. The fourth-order valence-corrected chi connectivity index (χ4v) is 2.06. The molecule has 1 fully saturated rings. The molecule has 2 rings (SSSR count). The Bertz CT molecular complexity index is 394. The van der Waals surface area contributed by atoms with Gasteiger partial charge in [0, 0.05) is 19.6 Å². The van der Waals surface area contributed by atoms with E-state index in [4.69, 9.17) is 9.47 Å². The molecule has 1 unspecified atom stereocenters. The second kappa shape index (κ2) is 8.21. The summed E-state index contributed by atoms with van der Waals surface area (Å²) in [5, 5.41) is 12.0. The lowest BCUT2D eigenvalue weighted by Crippen LogP contribution is -2.48. The fourth-order valence-electron chi connectivity index (χ4n) is 2.06. The molecule has 2 N–H and O–H groups in total. The lowest BCUT2D eigenvalue weighted by Gasteiger charge is -2.28. The van der Waals surface area contributed by atoms with Gasteiger partial charge in [0.2, 0.25) is 0 Å². The molecule has 5 nitrogen and oxygen atoms in total. The molecular formula is C15H24N2O3. The molecule has 112 valence electrons. The highest BCUT2D eigenvalue weighted by Crippen LogP contribution is 2.13. The number of nitrogens with one attached hydrogen (secondary N) is 1. The Morgan fingerprint density at radius 1 is 1.40 bits per heavy atom. The Morgan fingerprint density at radius 2 is 2.20 bits per heavy atom. The van der Waals surface area contributed by atoms with E-state index in [2.05, 4.69) is 23.4 Å². The van der Waals surface area contributed by atoms with E-state index in [1.807, 2.05) is 18.2 Å². The van der Waals surface area contributed by atoms with E-state index in [1.165, 1.54) is 5.56 Å². The van der Waals surface area contributed by atoms with Gasteiger partial charge in [0.1, 0.15) is 18.5 Å².